The summed E-state index contributed by atoms with van der Waals surface area (Å²) in [5.41, 5.74) is 0.934. The third kappa shape index (κ3) is 9.06. The predicted octanol–water partition coefficient (Wildman–Crippen LogP) is 3.26. The third-order valence-corrected chi connectivity index (χ3v) is 8.17. The number of ether oxygens (including phenoxy) is 4. The van der Waals surface area contributed by atoms with Crippen molar-refractivity contribution >= 4 is 16.0 Å². The molecule has 1 heterocycles. The lowest BCUT2D eigenvalue weighted by atomic mass is 9.90. The number of aliphatic hydroxyl groups excluding tert-OH is 1. The molecule has 0 spiro atoms. The minimum Gasteiger partial charge on any atom is -0.497 e. The van der Waals surface area contributed by atoms with Gasteiger partial charge in [-0.25, -0.2) is 8.42 Å². The van der Waals surface area contributed by atoms with Crippen LogP contribution >= 0.6 is 0 Å². The summed E-state index contributed by atoms with van der Waals surface area (Å²) in [6.07, 6.45) is -0.680. The normalized spacial score (nSPS) is 18.1. The molecule has 1 aliphatic rings. The summed E-state index contributed by atoms with van der Waals surface area (Å²) in [6.45, 7) is 4.74. The van der Waals surface area contributed by atoms with E-state index in [0.29, 0.717) is 25.2 Å². The lowest BCUT2D eigenvalue weighted by Crippen LogP contribution is -2.43. The van der Waals surface area contributed by atoms with E-state index in [1.54, 1.807) is 12.1 Å². The molecule has 1 fully saturated rings. The van der Waals surface area contributed by atoms with Crippen LogP contribution in [0.5, 0.6) is 5.75 Å². The Labute approximate surface area is 225 Å². The van der Waals surface area contributed by atoms with E-state index in [4.69, 9.17) is 18.9 Å². The topological polar surface area (TPSA) is 112 Å². The monoisotopic (exact) mass is 549 g/mol. The maximum absolute atomic E-state index is 13.6. The molecule has 0 bridgehead atoms. The molecule has 0 aromatic heterocycles. The summed E-state index contributed by atoms with van der Waals surface area (Å²) in [4.78, 5) is 13.0. The fourth-order valence-electron chi connectivity index (χ4n) is 4.33. The van der Waals surface area contributed by atoms with Crippen molar-refractivity contribution in [2.75, 3.05) is 40.2 Å². The van der Waals surface area contributed by atoms with E-state index in [2.05, 4.69) is 0 Å². The first kappa shape index (κ1) is 30.0. The van der Waals surface area contributed by atoms with Crippen molar-refractivity contribution in [2.45, 2.75) is 50.2 Å². The van der Waals surface area contributed by atoms with Crippen molar-refractivity contribution in [3.63, 3.8) is 0 Å². The summed E-state index contributed by atoms with van der Waals surface area (Å²) >= 11 is 0. The molecule has 2 aromatic rings. The van der Waals surface area contributed by atoms with Crippen LogP contribution in [0.25, 0.3) is 0 Å². The van der Waals surface area contributed by atoms with Crippen molar-refractivity contribution in [1.82, 2.24) is 4.31 Å². The average molecular weight is 550 g/mol. The number of sulfonamides is 1. The van der Waals surface area contributed by atoms with Gasteiger partial charge in [-0.1, -0.05) is 44.2 Å². The summed E-state index contributed by atoms with van der Waals surface area (Å²) < 4.78 is 49.7. The first-order valence-corrected chi connectivity index (χ1v) is 14.3. The highest BCUT2D eigenvalue weighted by Crippen LogP contribution is 2.24. The highest BCUT2D eigenvalue weighted by molar-refractivity contribution is 7.89. The Morgan fingerprint density at radius 3 is 2.45 bits per heavy atom. The smallest absolute Gasteiger partial charge is 0.306 e. The highest BCUT2D eigenvalue weighted by atomic mass is 32.2. The zero-order valence-corrected chi connectivity index (χ0v) is 23.1. The number of esters is 1. The van der Waals surface area contributed by atoms with E-state index >= 15 is 0 Å². The van der Waals surface area contributed by atoms with Gasteiger partial charge in [0, 0.05) is 25.4 Å². The quantitative estimate of drug-likeness (QED) is 0.379. The Kier molecular flexibility index (Phi) is 11.5. The van der Waals surface area contributed by atoms with Crippen LogP contribution in [-0.2, 0) is 35.4 Å². The van der Waals surface area contributed by atoms with Crippen LogP contribution in [0.1, 0.15) is 32.3 Å². The van der Waals surface area contributed by atoms with Crippen molar-refractivity contribution in [3.8, 4) is 5.75 Å². The van der Waals surface area contributed by atoms with Gasteiger partial charge in [0.2, 0.25) is 10.0 Å². The van der Waals surface area contributed by atoms with Crippen LogP contribution in [-0.4, -0.2) is 76.2 Å². The number of nitrogens with zero attached hydrogens (tertiary/aromatic N) is 1. The molecule has 3 atom stereocenters. The SMILES string of the molecule is COc1ccc(S(=O)(=O)N(CC(C)C)C[C@@H](O)[C@@H](CC(=O)O[C@H]2CCOCOC2)Cc2ccccc2)cc1. The van der Waals surface area contributed by atoms with Crippen LogP contribution in [0.15, 0.2) is 59.5 Å². The van der Waals surface area contributed by atoms with Crippen molar-refractivity contribution in [1.29, 1.82) is 0 Å². The lowest BCUT2D eigenvalue weighted by molar-refractivity contribution is -0.154. The maximum atomic E-state index is 13.6. The first-order chi connectivity index (χ1) is 18.2. The average Bonchev–Trinajstić information content (AvgIpc) is 3.16. The number of carbonyl (C=O) groups is 1. The minimum atomic E-state index is -3.91. The van der Waals surface area contributed by atoms with E-state index in [0.717, 1.165) is 5.56 Å². The molecule has 9 nitrogen and oxygen atoms in total. The minimum absolute atomic E-state index is 0.0187. The van der Waals surface area contributed by atoms with Gasteiger partial charge >= 0.3 is 5.97 Å². The van der Waals surface area contributed by atoms with Crippen LogP contribution in [0.3, 0.4) is 0 Å². The van der Waals surface area contributed by atoms with E-state index in [1.807, 2.05) is 44.2 Å². The summed E-state index contributed by atoms with van der Waals surface area (Å²) in [6, 6.07) is 15.7. The van der Waals surface area contributed by atoms with Gasteiger partial charge < -0.3 is 24.1 Å². The molecule has 210 valence electrons. The highest BCUT2D eigenvalue weighted by Gasteiger charge is 2.32. The van der Waals surface area contributed by atoms with Crippen LogP contribution in [0.2, 0.25) is 0 Å². The van der Waals surface area contributed by atoms with Gasteiger partial charge in [-0.2, -0.15) is 4.31 Å². The van der Waals surface area contributed by atoms with Gasteiger partial charge in [0.1, 0.15) is 18.6 Å². The van der Waals surface area contributed by atoms with Crippen LogP contribution in [0, 0.1) is 11.8 Å². The Morgan fingerprint density at radius 1 is 1.08 bits per heavy atom. The summed E-state index contributed by atoms with van der Waals surface area (Å²) in [5, 5.41) is 11.4. The molecule has 0 saturated carbocycles. The van der Waals surface area contributed by atoms with Gasteiger partial charge in [0.15, 0.2) is 0 Å². The molecular formula is C28H39NO8S. The van der Waals surface area contributed by atoms with E-state index in [1.165, 1.54) is 23.5 Å². The summed E-state index contributed by atoms with van der Waals surface area (Å²) in [5.74, 6) is -0.459. The van der Waals surface area contributed by atoms with Gasteiger partial charge in [-0.15, -0.1) is 0 Å². The molecule has 1 aliphatic heterocycles. The number of aliphatic hydroxyl groups is 1. The standard InChI is InChI=1S/C28H39NO8S/c1-21(2)17-29(38(32,33)26-11-9-24(34-3)10-12-26)18-27(30)23(15-22-7-5-4-6-8-22)16-28(31)37-25-13-14-35-20-36-19-25/h4-12,21,23,25,27,30H,13-20H2,1-3H3/t23-,25+,27-/m1/s1. The van der Waals surface area contributed by atoms with Gasteiger partial charge in [-0.05, 0) is 42.2 Å². The predicted molar refractivity (Wildman–Crippen MR) is 142 cm³/mol. The fourth-order valence-corrected chi connectivity index (χ4v) is 5.95. The van der Waals surface area contributed by atoms with Crippen LogP contribution < -0.4 is 4.74 Å². The summed E-state index contributed by atoms with van der Waals surface area (Å²) in [7, 11) is -2.39. The molecule has 1 N–H and O–H groups in total. The van der Waals surface area contributed by atoms with Gasteiger partial charge in [0.05, 0.1) is 37.7 Å². The maximum Gasteiger partial charge on any atom is 0.306 e. The Hall–Kier alpha value is -2.50. The van der Waals surface area contributed by atoms with E-state index in [-0.39, 0.29) is 43.7 Å². The van der Waals surface area contributed by atoms with E-state index < -0.39 is 34.1 Å². The molecule has 0 aliphatic carbocycles. The number of carbonyl (C=O) groups excluding carboxylic acids is 1. The number of rotatable bonds is 13. The third-order valence-electron chi connectivity index (χ3n) is 6.32. The largest absolute Gasteiger partial charge is 0.497 e. The van der Waals surface area contributed by atoms with Crippen molar-refractivity contribution in [3.05, 3.63) is 60.2 Å². The van der Waals surface area contributed by atoms with Gasteiger partial charge in [-0.3, -0.25) is 4.79 Å². The molecule has 10 heteroatoms. The number of benzene rings is 2. The second-order valence-corrected chi connectivity index (χ2v) is 11.8. The zero-order chi connectivity index (χ0) is 27.5. The molecule has 38 heavy (non-hydrogen) atoms. The second kappa shape index (κ2) is 14.6. The molecule has 0 unspecified atom stereocenters. The van der Waals surface area contributed by atoms with Crippen LogP contribution in [0.4, 0.5) is 0 Å². The van der Waals surface area contributed by atoms with Crippen molar-refractivity contribution < 1.29 is 37.3 Å². The first-order valence-electron chi connectivity index (χ1n) is 12.9. The number of hydrogen-bond donors (Lipinski definition) is 1. The molecule has 0 radical (unpaired) electrons. The molecule has 0 amide bonds. The Bertz CT molecular complexity index is 1080. The molecule has 3 rings (SSSR count). The van der Waals surface area contributed by atoms with Gasteiger partial charge in [0.25, 0.3) is 0 Å². The Balaban J connectivity index is 1.79. The lowest BCUT2D eigenvalue weighted by Gasteiger charge is -2.30. The Morgan fingerprint density at radius 2 is 1.79 bits per heavy atom. The number of hydrogen-bond acceptors (Lipinski definition) is 8. The fraction of sp³-hybridized carbons (Fsp3) is 0.536. The zero-order valence-electron chi connectivity index (χ0n) is 22.3. The molecule has 1 saturated heterocycles. The van der Waals surface area contributed by atoms with E-state index in [9.17, 15) is 18.3 Å². The second-order valence-electron chi connectivity index (χ2n) is 9.91. The molecule has 2 aromatic carbocycles. The molecular weight excluding hydrogens is 510 g/mol. The van der Waals surface area contributed by atoms with Crippen molar-refractivity contribution in [2.24, 2.45) is 11.8 Å². The number of methoxy groups -OCH3 is 1.